The van der Waals surface area contributed by atoms with Crippen LogP contribution in [0.3, 0.4) is 0 Å². The van der Waals surface area contributed by atoms with Crippen molar-refractivity contribution in [3.8, 4) is 0 Å². The Hall–Kier alpha value is -1.59. The molecule has 0 heterocycles. The Morgan fingerprint density at radius 3 is 2.60 bits per heavy atom. The van der Waals surface area contributed by atoms with Crippen molar-refractivity contribution in [2.75, 3.05) is 20.5 Å². The summed E-state index contributed by atoms with van der Waals surface area (Å²) in [5, 5.41) is 2.82. The molecular formula is C15H23NO4. The van der Waals surface area contributed by atoms with Crippen LogP contribution in [0.25, 0.3) is 0 Å². The van der Waals surface area contributed by atoms with Crippen LogP contribution in [0.5, 0.6) is 0 Å². The van der Waals surface area contributed by atoms with Gasteiger partial charge in [-0.15, -0.1) is 0 Å². The van der Waals surface area contributed by atoms with Gasteiger partial charge in [-0.1, -0.05) is 30.3 Å². The van der Waals surface area contributed by atoms with E-state index in [-0.39, 0.29) is 18.9 Å². The molecule has 0 aromatic heterocycles. The Morgan fingerprint density at radius 1 is 1.25 bits per heavy atom. The van der Waals surface area contributed by atoms with E-state index in [2.05, 4.69) is 5.32 Å². The first-order chi connectivity index (χ1) is 9.53. The molecule has 0 fully saturated rings. The zero-order valence-corrected chi connectivity index (χ0v) is 12.3. The zero-order valence-electron chi connectivity index (χ0n) is 12.3. The highest BCUT2D eigenvalue weighted by Gasteiger charge is 2.21. The molecule has 20 heavy (non-hydrogen) atoms. The summed E-state index contributed by atoms with van der Waals surface area (Å²) in [5.41, 5.74) is 0.575. The fourth-order valence-corrected chi connectivity index (χ4v) is 1.57. The molecule has 5 nitrogen and oxygen atoms in total. The van der Waals surface area contributed by atoms with Crippen LogP contribution in [0.4, 0.5) is 4.79 Å². The molecule has 1 amide bonds. The molecule has 1 N–H and O–H groups in total. The van der Waals surface area contributed by atoms with Gasteiger partial charge in [0.1, 0.15) is 13.4 Å². The quantitative estimate of drug-likeness (QED) is 0.588. The monoisotopic (exact) mass is 281 g/mol. The van der Waals surface area contributed by atoms with E-state index in [0.717, 1.165) is 5.56 Å². The second-order valence-corrected chi connectivity index (χ2v) is 5.14. The van der Waals surface area contributed by atoms with Gasteiger partial charge < -0.3 is 19.5 Å². The third kappa shape index (κ3) is 7.11. The van der Waals surface area contributed by atoms with Crippen LogP contribution in [0.2, 0.25) is 0 Å². The van der Waals surface area contributed by atoms with Crippen LogP contribution in [0.1, 0.15) is 25.8 Å². The summed E-state index contributed by atoms with van der Waals surface area (Å²) >= 11 is 0. The SMILES string of the molecule is COCOCCC(C)(C)NC(=O)OCc1ccccc1. The fraction of sp³-hybridized carbons (Fsp3) is 0.533. The Labute approximate surface area is 120 Å². The van der Waals surface area contributed by atoms with Gasteiger partial charge in [-0.2, -0.15) is 0 Å². The van der Waals surface area contributed by atoms with Gasteiger partial charge in [0.25, 0.3) is 0 Å². The molecule has 5 heteroatoms. The summed E-state index contributed by atoms with van der Waals surface area (Å²) in [5.74, 6) is 0. The molecule has 1 aromatic rings. The first-order valence-corrected chi connectivity index (χ1v) is 6.59. The molecule has 0 saturated carbocycles. The minimum atomic E-state index is -0.425. The van der Waals surface area contributed by atoms with Crippen LogP contribution in [0.15, 0.2) is 30.3 Å². The minimum Gasteiger partial charge on any atom is -0.445 e. The number of carbonyl (C=O) groups excluding carboxylic acids is 1. The number of alkyl carbamates (subject to hydrolysis) is 1. The number of amides is 1. The zero-order chi connectivity index (χ0) is 14.8. The highest BCUT2D eigenvalue weighted by molar-refractivity contribution is 5.68. The fourth-order valence-electron chi connectivity index (χ4n) is 1.57. The van der Waals surface area contributed by atoms with E-state index < -0.39 is 6.09 Å². The molecule has 0 atom stereocenters. The molecule has 0 aliphatic carbocycles. The summed E-state index contributed by atoms with van der Waals surface area (Å²) in [4.78, 5) is 11.7. The summed E-state index contributed by atoms with van der Waals surface area (Å²) in [7, 11) is 1.57. The topological polar surface area (TPSA) is 56.8 Å². The molecular weight excluding hydrogens is 258 g/mol. The summed E-state index contributed by atoms with van der Waals surface area (Å²) in [6.45, 7) is 4.89. The van der Waals surface area contributed by atoms with Gasteiger partial charge >= 0.3 is 6.09 Å². The highest BCUT2D eigenvalue weighted by atomic mass is 16.7. The van der Waals surface area contributed by atoms with Crippen molar-refractivity contribution in [3.05, 3.63) is 35.9 Å². The average molecular weight is 281 g/mol. The molecule has 0 saturated heterocycles. The first-order valence-electron chi connectivity index (χ1n) is 6.59. The number of hydrogen-bond acceptors (Lipinski definition) is 4. The van der Waals surface area contributed by atoms with Crippen molar-refractivity contribution < 1.29 is 19.0 Å². The molecule has 0 unspecified atom stereocenters. The van der Waals surface area contributed by atoms with E-state index in [0.29, 0.717) is 13.0 Å². The average Bonchev–Trinajstić information content (AvgIpc) is 2.42. The molecule has 0 radical (unpaired) electrons. The van der Waals surface area contributed by atoms with Gasteiger partial charge in [0, 0.05) is 12.6 Å². The Morgan fingerprint density at radius 2 is 1.95 bits per heavy atom. The molecule has 1 aromatic carbocycles. The number of rotatable bonds is 8. The number of hydrogen-bond donors (Lipinski definition) is 1. The predicted molar refractivity (Wildman–Crippen MR) is 76.3 cm³/mol. The molecule has 112 valence electrons. The second-order valence-electron chi connectivity index (χ2n) is 5.14. The summed E-state index contributed by atoms with van der Waals surface area (Å²) in [6.07, 6.45) is 0.252. The van der Waals surface area contributed by atoms with Crippen LogP contribution in [-0.4, -0.2) is 32.1 Å². The highest BCUT2D eigenvalue weighted by Crippen LogP contribution is 2.09. The lowest BCUT2D eigenvalue weighted by Crippen LogP contribution is -2.44. The van der Waals surface area contributed by atoms with Crippen molar-refractivity contribution in [1.82, 2.24) is 5.32 Å². The maximum atomic E-state index is 11.7. The number of ether oxygens (including phenoxy) is 3. The van der Waals surface area contributed by atoms with Gasteiger partial charge in [-0.3, -0.25) is 0 Å². The van der Waals surface area contributed by atoms with Gasteiger partial charge in [-0.25, -0.2) is 4.79 Å². The second kappa shape index (κ2) is 8.55. The number of nitrogens with one attached hydrogen (secondary N) is 1. The molecule has 0 aliphatic heterocycles. The number of methoxy groups -OCH3 is 1. The van der Waals surface area contributed by atoms with Crippen molar-refractivity contribution in [3.63, 3.8) is 0 Å². The largest absolute Gasteiger partial charge is 0.445 e. The number of carbonyl (C=O) groups is 1. The predicted octanol–water partition coefficient (Wildman–Crippen LogP) is 2.70. The normalized spacial score (nSPS) is 11.2. The van der Waals surface area contributed by atoms with E-state index in [1.165, 1.54) is 0 Å². The molecule has 0 aliphatic rings. The van der Waals surface area contributed by atoms with E-state index in [1.807, 2.05) is 44.2 Å². The summed E-state index contributed by atoms with van der Waals surface area (Å²) < 4.78 is 15.2. The van der Waals surface area contributed by atoms with Gasteiger partial charge in [0.05, 0.1) is 6.61 Å². The standard InChI is InChI=1S/C15H23NO4/c1-15(2,9-10-19-12-18-3)16-14(17)20-11-13-7-5-4-6-8-13/h4-8H,9-12H2,1-3H3,(H,16,17). The van der Waals surface area contributed by atoms with Crippen molar-refractivity contribution in [1.29, 1.82) is 0 Å². The smallest absolute Gasteiger partial charge is 0.407 e. The van der Waals surface area contributed by atoms with E-state index in [1.54, 1.807) is 7.11 Å². The Kier molecular flexibility index (Phi) is 7.04. The Balaban J connectivity index is 2.26. The van der Waals surface area contributed by atoms with Gasteiger partial charge in [0.15, 0.2) is 0 Å². The number of benzene rings is 1. The van der Waals surface area contributed by atoms with E-state index >= 15 is 0 Å². The van der Waals surface area contributed by atoms with Crippen molar-refractivity contribution in [2.45, 2.75) is 32.4 Å². The van der Waals surface area contributed by atoms with Crippen molar-refractivity contribution in [2.24, 2.45) is 0 Å². The van der Waals surface area contributed by atoms with Crippen molar-refractivity contribution >= 4 is 6.09 Å². The lowest BCUT2D eigenvalue weighted by atomic mass is 10.0. The van der Waals surface area contributed by atoms with Gasteiger partial charge in [0.2, 0.25) is 0 Å². The minimum absolute atomic E-state index is 0.258. The summed E-state index contributed by atoms with van der Waals surface area (Å²) in [6, 6.07) is 9.57. The third-order valence-corrected chi connectivity index (χ3v) is 2.73. The van der Waals surface area contributed by atoms with E-state index in [4.69, 9.17) is 14.2 Å². The molecule has 0 bridgehead atoms. The molecule has 0 spiro atoms. The van der Waals surface area contributed by atoms with E-state index in [9.17, 15) is 4.79 Å². The Bertz CT molecular complexity index is 392. The maximum Gasteiger partial charge on any atom is 0.407 e. The lowest BCUT2D eigenvalue weighted by molar-refractivity contribution is -0.0357. The van der Waals surface area contributed by atoms with Gasteiger partial charge in [-0.05, 0) is 25.8 Å². The van der Waals surface area contributed by atoms with Crippen LogP contribution in [0, 0.1) is 0 Å². The third-order valence-electron chi connectivity index (χ3n) is 2.73. The van der Waals surface area contributed by atoms with Crippen LogP contribution < -0.4 is 5.32 Å². The lowest BCUT2D eigenvalue weighted by Gasteiger charge is -2.25. The molecule has 1 rings (SSSR count). The van der Waals surface area contributed by atoms with Crippen LogP contribution >= 0.6 is 0 Å². The van der Waals surface area contributed by atoms with Crippen LogP contribution in [-0.2, 0) is 20.8 Å². The maximum absolute atomic E-state index is 11.7. The first kappa shape index (κ1) is 16.5.